The Morgan fingerprint density at radius 2 is 1.94 bits per heavy atom. The first-order valence-corrected chi connectivity index (χ1v) is 10.7. The Bertz CT molecular complexity index is 1080. The number of anilines is 1. The molecule has 1 aliphatic rings. The van der Waals surface area contributed by atoms with Crippen LogP contribution in [0.15, 0.2) is 53.7 Å². The number of rotatable bonds is 8. The number of tetrazole rings is 1. The molecule has 1 N–H and O–H groups in total. The van der Waals surface area contributed by atoms with Crippen LogP contribution in [0.1, 0.15) is 36.3 Å². The highest BCUT2D eigenvalue weighted by molar-refractivity contribution is 6.10. The van der Waals surface area contributed by atoms with Crippen LogP contribution >= 0.6 is 0 Å². The van der Waals surface area contributed by atoms with Crippen molar-refractivity contribution in [1.29, 1.82) is 0 Å². The van der Waals surface area contributed by atoms with E-state index in [9.17, 15) is 4.79 Å². The van der Waals surface area contributed by atoms with Gasteiger partial charge in [0.15, 0.2) is 18.6 Å². The Hall–Kier alpha value is -3.70. The zero-order valence-corrected chi connectivity index (χ0v) is 18.3. The third-order valence-corrected chi connectivity index (χ3v) is 4.82. The van der Waals surface area contributed by atoms with E-state index in [-0.39, 0.29) is 18.9 Å². The van der Waals surface area contributed by atoms with Crippen LogP contribution in [0.4, 0.5) is 5.82 Å². The summed E-state index contributed by atoms with van der Waals surface area (Å²) in [5.41, 5.74) is 1.91. The van der Waals surface area contributed by atoms with Gasteiger partial charge >= 0.3 is 0 Å². The Morgan fingerprint density at radius 3 is 2.67 bits per heavy atom. The lowest BCUT2D eigenvalue weighted by atomic mass is 10.1. The number of benzene rings is 1. The average molecular weight is 451 g/mol. The van der Waals surface area contributed by atoms with Gasteiger partial charge in [0.05, 0.1) is 12.1 Å². The van der Waals surface area contributed by atoms with E-state index in [0.717, 1.165) is 18.4 Å². The molecule has 1 saturated heterocycles. The number of carbonyl (C=O) groups is 1. The fourth-order valence-electron chi connectivity index (χ4n) is 3.19. The highest BCUT2D eigenvalue weighted by Crippen LogP contribution is 2.13. The van der Waals surface area contributed by atoms with E-state index in [1.807, 2.05) is 30.3 Å². The van der Waals surface area contributed by atoms with Crippen LogP contribution in [0.3, 0.4) is 0 Å². The maximum atomic E-state index is 12.3. The molecule has 0 bridgehead atoms. The van der Waals surface area contributed by atoms with Gasteiger partial charge in [0, 0.05) is 25.8 Å². The van der Waals surface area contributed by atoms with E-state index >= 15 is 0 Å². The van der Waals surface area contributed by atoms with E-state index in [4.69, 9.17) is 14.3 Å². The fraction of sp³-hybridized carbons (Fsp3) is 0.364. The number of aromatic nitrogens is 5. The molecule has 3 heterocycles. The molecule has 0 spiro atoms. The molecule has 1 aromatic carbocycles. The van der Waals surface area contributed by atoms with Crippen molar-refractivity contribution in [2.45, 2.75) is 32.2 Å². The van der Waals surface area contributed by atoms with Gasteiger partial charge in [-0.1, -0.05) is 41.6 Å². The monoisotopic (exact) mass is 451 g/mol. The standard InChI is InChI=1S/C22H25N7O4/c1-29-22(25-27-28-29)21(16-8-3-2-4-9-16)26-33-15-17-10-7-11-18(23-17)24-19(30)14-20-31-12-5-6-13-32-20/h2-4,7-11,20H,5-6,12-15H2,1H3,(H,23,24,30)/b26-21-. The number of amides is 1. The molecule has 1 aliphatic heterocycles. The summed E-state index contributed by atoms with van der Waals surface area (Å²) >= 11 is 0. The molecule has 1 amide bonds. The van der Waals surface area contributed by atoms with E-state index in [1.165, 1.54) is 4.68 Å². The molecule has 0 atom stereocenters. The van der Waals surface area contributed by atoms with E-state index in [0.29, 0.717) is 36.3 Å². The van der Waals surface area contributed by atoms with Gasteiger partial charge in [-0.3, -0.25) is 4.79 Å². The number of aryl methyl sites for hydroxylation is 1. The van der Waals surface area contributed by atoms with Gasteiger partial charge in [-0.2, -0.15) is 0 Å². The summed E-state index contributed by atoms with van der Waals surface area (Å²) in [4.78, 5) is 22.3. The minimum atomic E-state index is -0.528. The number of nitrogens with zero attached hydrogens (tertiary/aromatic N) is 6. The molecule has 11 nitrogen and oxygen atoms in total. The minimum Gasteiger partial charge on any atom is -0.389 e. The molecule has 172 valence electrons. The molecule has 2 aromatic heterocycles. The van der Waals surface area contributed by atoms with Crippen molar-refractivity contribution in [1.82, 2.24) is 25.2 Å². The van der Waals surface area contributed by atoms with Crippen LogP contribution in [0.5, 0.6) is 0 Å². The maximum absolute atomic E-state index is 12.3. The summed E-state index contributed by atoms with van der Waals surface area (Å²) in [5.74, 6) is 0.657. The van der Waals surface area contributed by atoms with E-state index < -0.39 is 6.29 Å². The molecule has 0 aliphatic carbocycles. The van der Waals surface area contributed by atoms with Crippen LogP contribution in [0.25, 0.3) is 0 Å². The fourth-order valence-corrected chi connectivity index (χ4v) is 3.19. The second-order valence-electron chi connectivity index (χ2n) is 7.35. The molecule has 11 heteroatoms. The van der Waals surface area contributed by atoms with Crippen LogP contribution < -0.4 is 5.32 Å². The summed E-state index contributed by atoms with van der Waals surface area (Å²) in [5, 5.41) is 18.6. The van der Waals surface area contributed by atoms with Gasteiger partial charge in [0.1, 0.15) is 5.82 Å². The number of hydrogen-bond donors (Lipinski definition) is 1. The smallest absolute Gasteiger partial charge is 0.230 e. The van der Waals surface area contributed by atoms with Gasteiger partial charge in [-0.05, 0) is 35.4 Å². The molecule has 33 heavy (non-hydrogen) atoms. The molecule has 3 aromatic rings. The third-order valence-electron chi connectivity index (χ3n) is 4.82. The third kappa shape index (κ3) is 6.40. The Balaban J connectivity index is 1.39. The van der Waals surface area contributed by atoms with Crippen molar-refractivity contribution < 1.29 is 19.1 Å². The van der Waals surface area contributed by atoms with Crippen molar-refractivity contribution >= 4 is 17.4 Å². The minimum absolute atomic E-state index is 0.0974. The summed E-state index contributed by atoms with van der Waals surface area (Å²) < 4.78 is 12.6. The van der Waals surface area contributed by atoms with Crippen LogP contribution in [0, 0.1) is 0 Å². The zero-order chi connectivity index (χ0) is 22.9. The first kappa shape index (κ1) is 22.5. The van der Waals surface area contributed by atoms with Gasteiger partial charge in [0.2, 0.25) is 11.7 Å². The SMILES string of the molecule is Cn1nnnc1/C(=N\OCc1cccc(NC(=O)CC2OCCCCO2)n1)c1ccccc1. The largest absolute Gasteiger partial charge is 0.389 e. The van der Waals surface area contributed by atoms with Gasteiger partial charge in [-0.15, -0.1) is 5.10 Å². The van der Waals surface area contributed by atoms with E-state index in [1.54, 1.807) is 25.2 Å². The first-order chi connectivity index (χ1) is 16.2. The zero-order valence-electron chi connectivity index (χ0n) is 18.3. The Morgan fingerprint density at radius 1 is 1.15 bits per heavy atom. The lowest BCUT2D eigenvalue weighted by Crippen LogP contribution is -2.24. The molecular formula is C22H25N7O4. The first-order valence-electron chi connectivity index (χ1n) is 10.7. The second-order valence-corrected chi connectivity index (χ2v) is 7.35. The predicted octanol–water partition coefficient (Wildman–Crippen LogP) is 2.06. The summed E-state index contributed by atoms with van der Waals surface area (Å²) in [6.45, 7) is 1.29. The van der Waals surface area contributed by atoms with Crippen LogP contribution in [0.2, 0.25) is 0 Å². The van der Waals surface area contributed by atoms with Crippen molar-refractivity contribution in [2.24, 2.45) is 12.2 Å². The number of pyridine rings is 1. The Kier molecular flexibility index (Phi) is 7.67. The highest BCUT2D eigenvalue weighted by atomic mass is 16.7. The van der Waals surface area contributed by atoms with Crippen molar-refractivity contribution in [2.75, 3.05) is 18.5 Å². The molecule has 4 rings (SSSR count). The van der Waals surface area contributed by atoms with Gasteiger partial charge < -0.3 is 19.6 Å². The van der Waals surface area contributed by atoms with Crippen molar-refractivity contribution in [3.05, 3.63) is 65.6 Å². The molecule has 1 fully saturated rings. The van der Waals surface area contributed by atoms with Crippen LogP contribution in [-0.2, 0) is 32.8 Å². The molecular weight excluding hydrogens is 426 g/mol. The van der Waals surface area contributed by atoms with Crippen molar-refractivity contribution in [3.8, 4) is 0 Å². The number of hydrogen-bond acceptors (Lipinski definition) is 9. The summed E-state index contributed by atoms with van der Waals surface area (Å²) in [6, 6.07) is 14.8. The quantitative estimate of drug-likeness (QED) is 0.407. The number of carbonyl (C=O) groups excluding carboxylic acids is 1. The molecule has 0 unspecified atom stereocenters. The number of oxime groups is 1. The Labute approximate surface area is 190 Å². The predicted molar refractivity (Wildman–Crippen MR) is 118 cm³/mol. The number of ether oxygens (including phenoxy) is 2. The number of nitrogens with one attached hydrogen (secondary N) is 1. The average Bonchev–Trinajstić information content (AvgIpc) is 3.08. The lowest BCUT2D eigenvalue weighted by molar-refractivity contribution is -0.144. The summed E-state index contributed by atoms with van der Waals surface area (Å²) in [7, 11) is 1.73. The molecule has 0 saturated carbocycles. The normalized spacial score (nSPS) is 15.1. The summed E-state index contributed by atoms with van der Waals surface area (Å²) in [6.07, 6.45) is 1.45. The van der Waals surface area contributed by atoms with Gasteiger partial charge in [0.25, 0.3) is 0 Å². The van der Waals surface area contributed by atoms with Gasteiger partial charge in [-0.25, -0.2) is 9.67 Å². The molecule has 0 radical (unpaired) electrons. The van der Waals surface area contributed by atoms with Crippen LogP contribution in [-0.4, -0.2) is 56.3 Å². The lowest BCUT2D eigenvalue weighted by Gasteiger charge is -2.14. The topological polar surface area (TPSA) is 126 Å². The van der Waals surface area contributed by atoms with Crippen molar-refractivity contribution in [3.63, 3.8) is 0 Å². The highest BCUT2D eigenvalue weighted by Gasteiger charge is 2.18. The van der Waals surface area contributed by atoms with E-state index in [2.05, 4.69) is 31.0 Å². The maximum Gasteiger partial charge on any atom is 0.230 e. The second kappa shape index (κ2) is 11.2.